The molecule has 9 heteroatoms. The van der Waals surface area contributed by atoms with Crippen LogP contribution in [0.15, 0.2) is 16.3 Å². The van der Waals surface area contributed by atoms with Crippen LogP contribution >= 0.6 is 0 Å². The average molecular weight is 422 g/mol. The molecule has 30 heavy (non-hydrogen) atoms. The summed E-state index contributed by atoms with van der Waals surface area (Å²) in [5.74, 6) is -4.90. The van der Waals surface area contributed by atoms with E-state index in [1.807, 2.05) is 0 Å². The van der Waals surface area contributed by atoms with Gasteiger partial charge in [-0.25, -0.2) is 4.79 Å². The number of esters is 3. The molecule has 1 N–H and O–H groups in total. The van der Waals surface area contributed by atoms with Crippen LogP contribution in [-0.2, 0) is 33.4 Å². The van der Waals surface area contributed by atoms with E-state index < -0.39 is 42.3 Å². The number of hydrogen-bond acceptors (Lipinski definition) is 8. The normalized spacial score (nSPS) is 26.4. The van der Waals surface area contributed by atoms with Crippen LogP contribution in [0.25, 0.3) is 0 Å². The Balaban J connectivity index is 2.16. The van der Waals surface area contributed by atoms with Crippen LogP contribution in [0.1, 0.15) is 46.5 Å². The van der Waals surface area contributed by atoms with Gasteiger partial charge in [0.1, 0.15) is 11.8 Å². The zero-order valence-corrected chi connectivity index (χ0v) is 18.1. The van der Waals surface area contributed by atoms with Gasteiger partial charge in [-0.2, -0.15) is 0 Å². The number of carbonyl (C=O) groups excluding carboxylic acids is 4. The first kappa shape index (κ1) is 23.6. The summed E-state index contributed by atoms with van der Waals surface area (Å²) in [6.45, 7) is 4.69. The Hall–Kier alpha value is -2.71. The predicted octanol–water partition coefficient (Wildman–Crippen LogP) is 1.55. The first-order valence-electron chi connectivity index (χ1n) is 10.1. The smallest absolute Gasteiger partial charge is 0.336 e. The minimum Gasteiger partial charge on any atom is -0.468 e. The van der Waals surface area contributed by atoms with E-state index in [0.717, 1.165) is 25.7 Å². The maximum absolute atomic E-state index is 12.9. The van der Waals surface area contributed by atoms with Gasteiger partial charge in [0.05, 0.1) is 19.8 Å². The number of nitrogens with one attached hydrogen (secondary N) is 1. The number of methoxy groups -OCH3 is 2. The van der Waals surface area contributed by atoms with Crippen LogP contribution in [0.3, 0.4) is 0 Å². The third kappa shape index (κ3) is 5.25. The molecule has 1 unspecified atom stereocenters. The molecule has 0 saturated heterocycles. The Labute approximate surface area is 176 Å². The van der Waals surface area contributed by atoms with Crippen molar-refractivity contribution in [2.45, 2.75) is 52.5 Å². The highest BCUT2D eigenvalue weighted by molar-refractivity contribution is 6.10. The van der Waals surface area contributed by atoms with Crippen molar-refractivity contribution in [2.24, 2.45) is 22.7 Å². The summed E-state index contributed by atoms with van der Waals surface area (Å²) in [7, 11) is 2.35. The fraction of sp³-hybridized carbons (Fsp3) is 0.667. The first-order chi connectivity index (χ1) is 14.2. The van der Waals surface area contributed by atoms with Crippen molar-refractivity contribution in [3.63, 3.8) is 0 Å². The second-order valence-corrected chi connectivity index (χ2v) is 7.77. The summed E-state index contributed by atoms with van der Waals surface area (Å²) in [5, 5.41) is 2.90. The number of aliphatic imine (C=N–C) groups is 1. The van der Waals surface area contributed by atoms with E-state index in [2.05, 4.69) is 17.2 Å². The highest BCUT2D eigenvalue weighted by Crippen LogP contribution is 2.33. The molecule has 1 saturated carbocycles. The molecule has 2 aliphatic rings. The van der Waals surface area contributed by atoms with E-state index in [0.29, 0.717) is 11.6 Å². The highest BCUT2D eigenvalue weighted by atomic mass is 16.5. The first-order valence-corrected chi connectivity index (χ1v) is 10.1. The van der Waals surface area contributed by atoms with Gasteiger partial charge in [0, 0.05) is 17.5 Å². The molecule has 4 atom stereocenters. The maximum atomic E-state index is 12.9. The molecule has 2 rings (SSSR count). The number of nitrogens with zero attached hydrogens (tertiary/aromatic N) is 1. The Morgan fingerprint density at radius 3 is 2.27 bits per heavy atom. The fourth-order valence-corrected chi connectivity index (χ4v) is 4.10. The number of carbonyl (C=O) groups is 4. The number of rotatable bonds is 6. The monoisotopic (exact) mass is 422 g/mol. The molecule has 1 heterocycles. The molecule has 0 aromatic rings. The second kappa shape index (κ2) is 10.4. The summed E-state index contributed by atoms with van der Waals surface area (Å²) >= 11 is 0. The molecule has 0 aromatic carbocycles. The summed E-state index contributed by atoms with van der Waals surface area (Å²) in [6.07, 6.45) is 4.11. The SMILES string of the molecule is COC(=O)C1=C(C)N=C(C)C(C(=O)OC)[C@@H]1C(=O)OCC(=O)N[C@@H]1CCCC[C@@H]1C. The minimum absolute atomic E-state index is 0.0459. The summed E-state index contributed by atoms with van der Waals surface area (Å²) < 4.78 is 14.8. The number of allylic oxidation sites excluding steroid dienone is 1. The highest BCUT2D eigenvalue weighted by Gasteiger charge is 2.46. The van der Waals surface area contributed by atoms with Crippen molar-refractivity contribution in [1.82, 2.24) is 5.32 Å². The molecular weight excluding hydrogens is 392 g/mol. The maximum Gasteiger partial charge on any atom is 0.336 e. The minimum atomic E-state index is -1.30. The molecule has 0 radical (unpaired) electrons. The third-order valence-electron chi connectivity index (χ3n) is 5.75. The van der Waals surface area contributed by atoms with Crippen molar-refractivity contribution in [3.8, 4) is 0 Å². The predicted molar refractivity (Wildman–Crippen MR) is 107 cm³/mol. The summed E-state index contributed by atoms with van der Waals surface area (Å²) in [4.78, 5) is 54.0. The van der Waals surface area contributed by atoms with Gasteiger partial charge in [0.15, 0.2) is 6.61 Å². The molecule has 166 valence electrons. The number of hydrogen-bond donors (Lipinski definition) is 1. The molecule has 9 nitrogen and oxygen atoms in total. The van der Waals surface area contributed by atoms with E-state index in [4.69, 9.17) is 14.2 Å². The molecule has 1 fully saturated rings. The van der Waals surface area contributed by atoms with Crippen molar-refractivity contribution in [1.29, 1.82) is 0 Å². The molecule has 0 bridgehead atoms. The van der Waals surface area contributed by atoms with Crippen LogP contribution < -0.4 is 5.32 Å². The third-order valence-corrected chi connectivity index (χ3v) is 5.75. The lowest BCUT2D eigenvalue weighted by Crippen LogP contribution is -2.45. The fourth-order valence-electron chi connectivity index (χ4n) is 4.10. The van der Waals surface area contributed by atoms with Crippen LogP contribution in [0.4, 0.5) is 0 Å². The van der Waals surface area contributed by atoms with Gasteiger partial charge in [-0.05, 0) is 32.6 Å². The lowest BCUT2D eigenvalue weighted by atomic mass is 9.80. The average Bonchev–Trinajstić information content (AvgIpc) is 2.72. The van der Waals surface area contributed by atoms with E-state index in [1.54, 1.807) is 13.8 Å². The van der Waals surface area contributed by atoms with Crippen LogP contribution in [-0.4, -0.2) is 56.4 Å². The largest absolute Gasteiger partial charge is 0.468 e. The van der Waals surface area contributed by atoms with Crippen LogP contribution in [0.5, 0.6) is 0 Å². The summed E-state index contributed by atoms with van der Waals surface area (Å²) in [6, 6.07) is 0.0459. The standard InChI is InChI=1S/C21H30N2O7/c1-11-8-6-7-9-14(11)23-15(24)10-30-21(27)18-16(19(25)28-4)12(2)22-13(3)17(18)20(26)29-5/h11,14,16,18H,6-10H2,1-5H3,(H,23,24)/t11-,14+,16?,18-/m0/s1. The van der Waals surface area contributed by atoms with E-state index >= 15 is 0 Å². The Morgan fingerprint density at radius 1 is 1.00 bits per heavy atom. The Morgan fingerprint density at radius 2 is 1.67 bits per heavy atom. The van der Waals surface area contributed by atoms with Gasteiger partial charge in [-0.3, -0.25) is 19.4 Å². The van der Waals surface area contributed by atoms with E-state index in [1.165, 1.54) is 14.2 Å². The van der Waals surface area contributed by atoms with E-state index in [9.17, 15) is 19.2 Å². The van der Waals surface area contributed by atoms with Crippen molar-refractivity contribution in [3.05, 3.63) is 11.3 Å². The van der Waals surface area contributed by atoms with Crippen LogP contribution in [0.2, 0.25) is 0 Å². The van der Waals surface area contributed by atoms with Crippen molar-refractivity contribution >= 4 is 29.5 Å². The van der Waals surface area contributed by atoms with Crippen LogP contribution in [0, 0.1) is 17.8 Å². The molecule has 1 aliphatic heterocycles. The molecular formula is C21H30N2O7. The second-order valence-electron chi connectivity index (χ2n) is 7.77. The van der Waals surface area contributed by atoms with Gasteiger partial charge in [-0.15, -0.1) is 0 Å². The van der Waals surface area contributed by atoms with Gasteiger partial charge < -0.3 is 19.5 Å². The molecule has 0 aromatic heterocycles. The quantitative estimate of drug-likeness (QED) is 0.509. The molecule has 1 aliphatic carbocycles. The zero-order valence-electron chi connectivity index (χ0n) is 18.1. The van der Waals surface area contributed by atoms with Crippen molar-refractivity contribution < 1.29 is 33.4 Å². The van der Waals surface area contributed by atoms with Gasteiger partial charge in [-0.1, -0.05) is 19.8 Å². The van der Waals surface area contributed by atoms with Crippen molar-refractivity contribution in [2.75, 3.05) is 20.8 Å². The molecule has 1 amide bonds. The van der Waals surface area contributed by atoms with Gasteiger partial charge in [0.2, 0.25) is 0 Å². The topological polar surface area (TPSA) is 120 Å². The Bertz CT molecular complexity index is 771. The number of ether oxygens (including phenoxy) is 3. The van der Waals surface area contributed by atoms with Gasteiger partial charge >= 0.3 is 17.9 Å². The zero-order chi connectivity index (χ0) is 22.4. The lowest BCUT2D eigenvalue weighted by molar-refractivity contribution is -0.158. The van der Waals surface area contributed by atoms with Gasteiger partial charge in [0.25, 0.3) is 5.91 Å². The van der Waals surface area contributed by atoms with E-state index in [-0.39, 0.29) is 17.3 Å². The summed E-state index contributed by atoms with van der Waals surface area (Å²) in [5.41, 5.74) is 0.487. The molecule has 0 spiro atoms. The number of amides is 1. The Kier molecular flexibility index (Phi) is 8.14. The lowest BCUT2D eigenvalue weighted by Gasteiger charge is -2.30.